The predicted octanol–water partition coefficient (Wildman–Crippen LogP) is 3.15. The normalized spacial score (nSPS) is 15.6. The fraction of sp³-hybridized carbons (Fsp3) is 0.381. The number of ether oxygens (including phenoxy) is 1. The zero-order chi connectivity index (χ0) is 18.9. The Hall–Kier alpha value is -1.89. The Morgan fingerprint density at radius 2 is 1.78 bits per heavy atom. The molecule has 0 aromatic heterocycles. The molecule has 0 spiro atoms. The number of benzene rings is 2. The summed E-state index contributed by atoms with van der Waals surface area (Å²) in [6.07, 6.45) is 0. The molecule has 5 nitrogen and oxygen atoms in total. The number of guanidine groups is 1. The SMILES string of the molecule is CN=C(NCc1cccc(Br)c1)NCc1ccccc1CN1CCOCC1. The van der Waals surface area contributed by atoms with Crippen LogP contribution in [0.3, 0.4) is 0 Å². The first-order chi connectivity index (χ1) is 13.2. The van der Waals surface area contributed by atoms with Crippen LogP contribution >= 0.6 is 15.9 Å². The third-order valence-corrected chi connectivity index (χ3v) is 5.13. The van der Waals surface area contributed by atoms with Crippen molar-refractivity contribution in [3.8, 4) is 0 Å². The first-order valence-electron chi connectivity index (χ1n) is 9.30. The van der Waals surface area contributed by atoms with Crippen LogP contribution in [0.1, 0.15) is 16.7 Å². The van der Waals surface area contributed by atoms with E-state index < -0.39 is 0 Å². The van der Waals surface area contributed by atoms with Crippen LogP contribution in [0.4, 0.5) is 0 Å². The van der Waals surface area contributed by atoms with Crippen LogP contribution in [-0.2, 0) is 24.4 Å². The van der Waals surface area contributed by atoms with Crippen LogP contribution in [0.15, 0.2) is 58.0 Å². The van der Waals surface area contributed by atoms with Gasteiger partial charge in [-0.1, -0.05) is 52.3 Å². The topological polar surface area (TPSA) is 48.9 Å². The molecule has 2 aromatic carbocycles. The Labute approximate surface area is 170 Å². The molecule has 144 valence electrons. The minimum Gasteiger partial charge on any atom is -0.379 e. The van der Waals surface area contributed by atoms with Crippen molar-refractivity contribution in [2.75, 3.05) is 33.4 Å². The van der Waals surface area contributed by atoms with Crippen LogP contribution < -0.4 is 10.6 Å². The third-order valence-electron chi connectivity index (χ3n) is 4.63. The van der Waals surface area contributed by atoms with Crippen LogP contribution in [0.2, 0.25) is 0 Å². The van der Waals surface area contributed by atoms with Crippen molar-refractivity contribution >= 4 is 21.9 Å². The fourth-order valence-electron chi connectivity index (χ4n) is 3.12. The van der Waals surface area contributed by atoms with Crippen molar-refractivity contribution in [3.05, 3.63) is 69.7 Å². The second-order valence-corrected chi connectivity index (χ2v) is 7.48. The molecular formula is C21H27BrN4O. The zero-order valence-electron chi connectivity index (χ0n) is 15.7. The molecule has 2 N–H and O–H groups in total. The van der Waals surface area contributed by atoms with Crippen molar-refractivity contribution in [3.63, 3.8) is 0 Å². The number of nitrogens with zero attached hydrogens (tertiary/aromatic N) is 2. The number of hydrogen-bond donors (Lipinski definition) is 2. The minimum absolute atomic E-state index is 0.731. The average Bonchev–Trinajstić information content (AvgIpc) is 2.70. The molecule has 1 heterocycles. The van der Waals surface area contributed by atoms with E-state index in [4.69, 9.17) is 4.74 Å². The second-order valence-electron chi connectivity index (χ2n) is 6.57. The average molecular weight is 431 g/mol. The number of morpholine rings is 1. The summed E-state index contributed by atoms with van der Waals surface area (Å²) in [5, 5.41) is 6.81. The molecule has 2 aromatic rings. The molecule has 0 aliphatic carbocycles. The summed E-state index contributed by atoms with van der Waals surface area (Å²) in [6.45, 7) is 6.09. The van der Waals surface area contributed by atoms with E-state index in [1.807, 2.05) is 12.1 Å². The third kappa shape index (κ3) is 6.34. The second kappa shape index (κ2) is 10.4. The van der Waals surface area contributed by atoms with E-state index in [0.717, 1.165) is 56.4 Å². The van der Waals surface area contributed by atoms with E-state index in [1.54, 1.807) is 7.05 Å². The summed E-state index contributed by atoms with van der Waals surface area (Å²) >= 11 is 3.51. The Morgan fingerprint density at radius 1 is 1.04 bits per heavy atom. The monoisotopic (exact) mass is 430 g/mol. The molecule has 0 radical (unpaired) electrons. The zero-order valence-corrected chi connectivity index (χ0v) is 17.3. The lowest BCUT2D eigenvalue weighted by atomic mass is 10.1. The molecule has 1 aliphatic heterocycles. The van der Waals surface area contributed by atoms with Crippen molar-refractivity contribution in [2.45, 2.75) is 19.6 Å². The molecule has 0 saturated carbocycles. The lowest BCUT2D eigenvalue weighted by Crippen LogP contribution is -2.37. The fourth-order valence-corrected chi connectivity index (χ4v) is 3.56. The van der Waals surface area contributed by atoms with Crippen LogP contribution in [-0.4, -0.2) is 44.2 Å². The lowest BCUT2D eigenvalue weighted by Gasteiger charge is -2.27. The Balaban J connectivity index is 1.54. The molecule has 0 amide bonds. The number of rotatable bonds is 6. The highest BCUT2D eigenvalue weighted by molar-refractivity contribution is 9.10. The van der Waals surface area contributed by atoms with Crippen molar-refractivity contribution < 1.29 is 4.74 Å². The molecule has 0 atom stereocenters. The van der Waals surface area contributed by atoms with Gasteiger partial charge in [-0.15, -0.1) is 0 Å². The summed E-state index contributed by atoms with van der Waals surface area (Å²) in [5.74, 6) is 0.802. The van der Waals surface area contributed by atoms with Gasteiger partial charge in [-0.3, -0.25) is 9.89 Å². The predicted molar refractivity (Wildman–Crippen MR) is 114 cm³/mol. The van der Waals surface area contributed by atoms with E-state index in [1.165, 1.54) is 16.7 Å². The van der Waals surface area contributed by atoms with Gasteiger partial charge in [0.2, 0.25) is 0 Å². The standard InChI is InChI=1S/C21H27BrN4O/c1-23-21(24-14-17-5-4-8-20(22)13-17)25-15-18-6-2-3-7-19(18)16-26-9-11-27-12-10-26/h2-8,13H,9-12,14-16H2,1H3,(H2,23,24,25). The van der Waals surface area contributed by atoms with E-state index in [9.17, 15) is 0 Å². The summed E-state index contributed by atoms with van der Waals surface area (Å²) < 4.78 is 6.54. The molecule has 0 unspecified atom stereocenters. The van der Waals surface area contributed by atoms with Gasteiger partial charge in [-0.25, -0.2) is 0 Å². The minimum atomic E-state index is 0.731. The van der Waals surface area contributed by atoms with Gasteiger partial charge >= 0.3 is 0 Å². The van der Waals surface area contributed by atoms with Gasteiger partial charge < -0.3 is 15.4 Å². The molecule has 1 saturated heterocycles. The maximum absolute atomic E-state index is 5.45. The van der Waals surface area contributed by atoms with Crippen molar-refractivity contribution in [1.82, 2.24) is 15.5 Å². The van der Waals surface area contributed by atoms with Crippen molar-refractivity contribution in [2.24, 2.45) is 4.99 Å². The molecule has 1 fully saturated rings. The van der Waals surface area contributed by atoms with Gasteiger partial charge in [0, 0.05) is 44.2 Å². The summed E-state index contributed by atoms with van der Waals surface area (Å²) in [7, 11) is 1.80. The number of halogens is 1. The summed E-state index contributed by atoms with van der Waals surface area (Å²) in [4.78, 5) is 6.79. The number of aliphatic imine (C=N–C) groups is 1. The molecule has 27 heavy (non-hydrogen) atoms. The first-order valence-corrected chi connectivity index (χ1v) is 10.1. The maximum Gasteiger partial charge on any atom is 0.191 e. The quantitative estimate of drug-likeness (QED) is 0.545. The van der Waals surface area contributed by atoms with Gasteiger partial charge in [-0.2, -0.15) is 0 Å². The van der Waals surface area contributed by atoms with Crippen LogP contribution in [0, 0.1) is 0 Å². The van der Waals surface area contributed by atoms with Gasteiger partial charge in [0.25, 0.3) is 0 Å². The van der Waals surface area contributed by atoms with Gasteiger partial charge in [-0.05, 0) is 28.8 Å². The van der Waals surface area contributed by atoms with Gasteiger partial charge in [0.15, 0.2) is 5.96 Å². The van der Waals surface area contributed by atoms with E-state index in [-0.39, 0.29) is 0 Å². The Bertz CT molecular complexity index is 759. The Kier molecular flexibility index (Phi) is 7.68. The molecule has 0 bridgehead atoms. The van der Waals surface area contributed by atoms with Gasteiger partial charge in [0.05, 0.1) is 13.2 Å². The van der Waals surface area contributed by atoms with Crippen molar-refractivity contribution in [1.29, 1.82) is 0 Å². The number of hydrogen-bond acceptors (Lipinski definition) is 3. The lowest BCUT2D eigenvalue weighted by molar-refractivity contribution is 0.0341. The van der Waals surface area contributed by atoms with Gasteiger partial charge in [0.1, 0.15) is 0 Å². The highest BCUT2D eigenvalue weighted by Gasteiger charge is 2.12. The van der Waals surface area contributed by atoms with E-state index in [2.05, 4.69) is 72.9 Å². The van der Waals surface area contributed by atoms with Crippen LogP contribution in [0.5, 0.6) is 0 Å². The highest BCUT2D eigenvalue weighted by atomic mass is 79.9. The molecule has 3 rings (SSSR count). The molecule has 1 aliphatic rings. The Morgan fingerprint density at radius 3 is 2.52 bits per heavy atom. The smallest absolute Gasteiger partial charge is 0.191 e. The highest BCUT2D eigenvalue weighted by Crippen LogP contribution is 2.13. The van der Waals surface area contributed by atoms with E-state index in [0.29, 0.717) is 0 Å². The molecule has 6 heteroatoms. The maximum atomic E-state index is 5.45. The number of nitrogens with one attached hydrogen (secondary N) is 2. The first kappa shape index (κ1) is 19.9. The molecular weight excluding hydrogens is 404 g/mol. The van der Waals surface area contributed by atoms with Crippen LogP contribution in [0.25, 0.3) is 0 Å². The summed E-state index contributed by atoms with van der Waals surface area (Å²) in [6, 6.07) is 16.9. The largest absolute Gasteiger partial charge is 0.379 e. The summed E-state index contributed by atoms with van der Waals surface area (Å²) in [5.41, 5.74) is 3.86. The van der Waals surface area contributed by atoms with E-state index >= 15 is 0 Å².